The molecule has 2 N–H and O–H groups in total. The summed E-state index contributed by atoms with van der Waals surface area (Å²) >= 11 is 9.62. The predicted molar refractivity (Wildman–Crippen MR) is 78.5 cm³/mol. The summed E-state index contributed by atoms with van der Waals surface area (Å²) < 4.78 is 2.94. The molecule has 0 fully saturated rings. The molecule has 96 valence electrons. The van der Waals surface area contributed by atoms with Crippen molar-refractivity contribution in [1.82, 2.24) is 9.78 Å². The van der Waals surface area contributed by atoms with Crippen LogP contribution in [0.15, 0.2) is 22.7 Å². The Morgan fingerprint density at radius 2 is 2.11 bits per heavy atom. The van der Waals surface area contributed by atoms with E-state index in [1.807, 2.05) is 36.7 Å². The Kier molecular flexibility index (Phi) is 4.10. The molecule has 0 saturated heterocycles. The van der Waals surface area contributed by atoms with Gasteiger partial charge in [-0.3, -0.25) is 0 Å². The highest BCUT2D eigenvalue weighted by Gasteiger charge is 2.13. The molecule has 0 radical (unpaired) electrons. The maximum Gasteiger partial charge on any atom is 0.0743 e. The topological polar surface area (TPSA) is 43.8 Å². The third-order valence-electron chi connectivity index (χ3n) is 2.89. The quantitative estimate of drug-likeness (QED) is 0.938. The van der Waals surface area contributed by atoms with Crippen LogP contribution in [-0.2, 0) is 6.42 Å². The maximum absolute atomic E-state index is 6.08. The van der Waals surface area contributed by atoms with Gasteiger partial charge in [-0.2, -0.15) is 5.10 Å². The van der Waals surface area contributed by atoms with Gasteiger partial charge < -0.3 is 5.73 Å². The molecule has 0 aliphatic heterocycles. The lowest BCUT2D eigenvalue weighted by Crippen LogP contribution is -2.08. The highest BCUT2D eigenvalue weighted by molar-refractivity contribution is 9.10. The lowest BCUT2D eigenvalue weighted by molar-refractivity contribution is 0.813. The van der Waals surface area contributed by atoms with Crippen molar-refractivity contribution < 1.29 is 0 Å². The second-order valence-electron chi connectivity index (χ2n) is 4.21. The van der Waals surface area contributed by atoms with Crippen LogP contribution in [0.2, 0.25) is 5.02 Å². The molecule has 0 saturated carbocycles. The normalized spacial score (nSPS) is 10.9. The van der Waals surface area contributed by atoms with Crippen molar-refractivity contribution >= 4 is 27.5 Å². The Morgan fingerprint density at radius 1 is 1.39 bits per heavy atom. The van der Waals surface area contributed by atoms with E-state index in [0.29, 0.717) is 11.6 Å². The van der Waals surface area contributed by atoms with Crippen molar-refractivity contribution in [3.63, 3.8) is 0 Å². The van der Waals surface area contributed by atoms with E-state index in [4.69, 9.17) is 17.3 Å². The molecule has 0 spiro atoms. The molecular weight excluding hydrogens is 314 g/mol. The van der Waals surface area contributed by atoms with Crippen LogP contribution in [0.25, 0.3) is 5.69 Å². The lowest BCUT2D eigenvalue weighted by Gasteiger charge is -2.11. The van der Waals surface area contributed by atoms with Gasteiger partial charge in [-0.15, -0.1) is 0 Å². The smallest absolute Gasteiger partial charge is 0.0743 e. The number of hydrogen-bond acceptors (Lipinski definition) is 2. The van der Waals surface area contributed by atoms with Crippen LogP contribution in [-0.4, -0.2) is 16.3 Å². The highest BCUT2D eigenvalue weighted by atomic mass is 79.9. The largest absolute Gasteiger partial charge is 0.330 e. The first-order chi connectivity index (χ1) is 8.54. The molecule has 0 amide bonds. The van der Waals surface area contributed by atoms with E-state index in [0.717, 1.165) is 33.5 Å². The zero-order valence-corrected chi connectivity index (χ0v) is 12.7. The van der Waals surface area contributed by atoms with Crippen LogP contribution in [0.1, 0.15) is 17.0 Å². The molecule has 3 nitrogen and oxygen atoms in total. The van der Waals surface area contributed by atoms with Crippen molar-refractivity contribution in [2.75, 3.05) is 6.54 Å². The highest BCUT2D eigenvalue weighted by Crippen LogP contribution is 2.26. The molecule has 0 bridgehead atoms. The molecule has 1 aromatic carbocycles. The van der Waals surface area contributed by atoms with Crippen molar-refractivity contribution in [3.8, 4) is 5.69 Å². The summed E-state index contributed by atoms with van der Waals surface area (Å²) in [7, 11) is 0. The summed E-state index contributed by atoms with van der Waals surface area (Å²) in [5.41, 5.74) is 9.83. The fourth-order valence-corrected chi connectivity index (χ4v) is 2.37. The average molecular weight is 329 g/mol. The van der Waals surface area contributed by atoms with E-state index >= 15 is 0 Å². The average Bonchev–Trinajstić information content (AvgIpc) is 2.60. The molecule has 0 aliphatic carbocycles. The van der Waals surface area contributed by atoms with Gasteiger partial charge in [0.1, 0.15) is 0 Å². The van der Waals surface area contributed by atoms with Gasteiger partial charge in [-0.25, -0.2) is 4.68 Å². The van der Waals surface area contributed by atoms with Gasteiger partial charge in [0.2, 0.25) is 0 Å². The molecule has 2 aromatic rings. The number of nitrogens with zero attached hydrogens (tertiary/aromatic N) is 2. The number of benzene rings is 1. The number of aryl methyl sites for hydroxylation is 1. The second-order valence-corrected chi connectivity index (χ2v) is 5.44. The lowest BCUT2D eigenvalue weighted by atomic mass is 10.1. The van der Waals surface area contributed by atoms with E-state index in [1.165, 1.54) is 0 Å². The van der Waals surface area contributed by atoms with E-state index < -0.39 is 0 Å². The molecule has 0 aliphatic rings. The first-order valence-electron chi connectivity index (χ1n) is 5.75. The van der Waals surface area contributed by atoms with E-state index in [1.54, 1.807) is 0 Å². The molecule has 1 aromatic heterocycles. The molecular formula is C13H15BrClN3. The summed E-state index contributed by atoms with van der Waals surface area (Å²) in [6, 6.07) is 5.82. The molecule has 1 heterocycles. The minimum Gasteiger partial charge on any atom is -0.330 e. The van der Waals surface area contributed by atoms with Crippen LogP contribution in [0, 0.1) is 13.8 Å². The Bertz CT molecular complexity index is 578. The Labute approximate surface area is 120 Å². The first-order valence-corrected chi connectivity index (χ1v) is 6.92. The number of halogens is 2. The summed E-state index contributed by atoms with van der Waals surface area (Å²) in [6.07, 6.45) is 0.808. The standard InChI is InChI=1S/C13H15BrClN3/c1-8-13(14)9(2)18(17-8)12-7-11(15)4-3-10(12)5-6-16/h3-4,7H,5-6,16H2,1-2H3. The third kappa shape index (κ3) is 2.46. The summed E-state index contributed by atoms with van der Waals surface area (Å²) in [5, 5.41) is 5.24. The van der Waals surface area contributed by atoms with Crippen LogP contribution in [0.4, 0.5) is 0 Å². The minimum atomic E-state index is 0.606. The van der Waals surface area contributed by atoms with Gasteiger partial charge in [-0.1, -0.05) is 17.7 Å². The monoisotopic (exact) mass is 327 g/mol. The molecule has 0 atom stereocenters. The van der Waals surface area contributed by atoms with Gasteiger partial charge in [0.05, 0.1) is 21.5 Å². The van der Waals surface area contributed by atoms with E-state index in [2.05, 4.69) is 21.0 Å². The van der Waals surface area contributed by atoms with Gasteiger partial charge >= 0.3 is 0 Å². The first kappa shape index (κ1) is 13.6. The zero-order valence-electron chi connectivity index (χ0n) is 10.4. The fraction of sp³-hybridized carbons (Fsp3) is 0.308. The number of nitrogens with two attached hydrogens (primary N) is 1. The van der Waals surface area contributed by atoms with Gasteiger partial charge in [0, 0.05) is 5.02 Å². The predicted octanol–water partition coefficient (Wildman–Crippen LogP) is 3.41. The van der Waals surface area contributed by atoms with Crippen LogP contribution >= 0.6 is 27.5 Å². The van der Waals surface area contributed by atoms with Gasteiger partial charge in [-0.05, 0) is 60.4 Å². The Morgan fingerprint density at radius 3 is 2.67 bits per heavy atom. The van der Waals surface area contributed by atoms with Crippen molar-refractivity contribution in [2.24, 2.45) is 5.73 Å². The summed E-state index contributed by atoms with van der Waals surface area (Å²) in [6.45, 7) is 4.60. The second kappa shape index (κ2) is 5.43. The van der Waals surface area contributed by atoms with Crippen LogP contribution in [0.3, 0.4) is 0 Å². The van der Waals surface area contributed by atoms with Crippen LogP contribution < -0.4 is 5.73 Å². The molecule has 18 heavy (non-hydrogen) atoms. The summed E-state index contributed by atoms with van der Waals surface area (Å²) in [5.74, 6) is 0. The number of aromatic nitrogens is 2. The SMILES string of the molecule is Cc1nn(-c2cc(Cl)ccc2CCN)c(C)c1Br. The van der Waals surface area contributed by atoms with E-state index in [-0.39, 0.29) is 0 Å². The van der Waals surface area contributed by atoms with E-state index in [9.17, 15) is 0 Å². The minimum absolute atomic E-state index is 0.606. The Balaban J connectivity index is 2.61. The zero-order chi connectivity index (χ0) is 13.3. The van der Waals surface area contributed by atoms with Crippen LogP contribution in [0.5, 0.6) is 0 Å². The van der Waals surface area contributed by atoms with Gasteiger partial charge in [0.25, 0.3) is 0 Å². The summed E-state index contributed by atoms with van der Waals surface area (Å²) in [4.78, 5) is 0. The third-order valence-corrected chi connectivity index (χ3v) is 4.27. The molecule has 5 heteroatoms. The number of hydrogen-bond donors (Lipinski definition) is 1. The fourth-order valence-electron chi connectivity index (χ4n) is 1.96. The van der Waals surface area contributed by atoms with Crippen molar-refractivity contribution in [1.29, 1.82) is 0 Å². The molecule has 0 unspecified atom stereocenters. The van der Waals surface area contributed by atoms with Crippen molar-refractivity contribution in [2.45, 2.75) is 20.3 Å². The molecule has 2 rings (SSSR count). The number of rotatable bonds is 3. The maximum atomic E-state index is 6.08. The Hall–Kier alpha value is -0.840. The van der Waals surface area contributed by atoms with Crippen molar-refractivity contribution in [3.05, 3.63) is 44.6 Å². The van der Waals surface area contributed by atoms with Gasteiger partial charge in [0.15, 0.2) is 0 Å².